The number of nitrogens with zero attached hydrogens (tertiary/aromatic N) is 1. The van der Waals surface area contributed by atoms with Gasteiger partial charge in [-0.3, -0.25) is 9.59 Å². The summed E-state index contributed by atoms with van der Waals surface area (Å²) in [6.45, 7) is 3.94. The molecule has 2 aromatic rings. The molecule has 0 saturated carbocycles. The lowest BCUT2D eigenvalue weighted by Crippen LogP contribution is -2.40. The lowest BCUT2D eigenvalue weighted by Gasteiger charge is -2.29. The van der Waals surface area contributed by atoms with E-state index in [-0.39, 0.29) is 30.2 Å². The highest BCUT2D eigenvalue weighted by atomic mass is 19.1. The van der Waals surface area contributed by atoms with E-state index < -0.39 is 0 Å². The van der Waals surface area contributed by atoms with Gasteiger partial charge in [0.25, 0.3) is 5.91 Å². The van der Waals surface area contributed by atoms with Gasteiger partial charge in [0.1, 0.15) is 5.82 Å². The molecule has 2 aromatic carbocycles. The molecule has 1 atom stereocenters. The van der Waals surface area contributed by atoms with Crippen molar-refractivity contribution in [1.29, 1.82) is 0 Å². The largest absolute Gasteiger partial charge is 0.383 e. The summed E-state index contributed by atoms with van der Waals surface area (Å²) >= 11 is 0. The molecule has 0 fully saturated rings. The standard InChI is InChI=1S/C20H23FN2O3/c1-14(13-26-3)23(12-16-5-4-6-18(21)11-16)20(25)17-7-9-19(10-8-17)22-15(2)24/h4-11,14H,12-13H2,1-3H3,(H,22,24). The van der Waals surface area contributed by atoms with Crippen LogP contribution in [0.15, 0.2) is 48.5 Å². The number of rotatable bonds is 7. The molecule has 5 nitrogen and oxygen atoms in total. The fourth-order valence-electron chi connectivity index (χ4n) is 2.66. The fraction of sp³-hybridized carbons (Fsp3) is 0.300. The van der Waals surface area contributed by atoms with Crippen LogP contribution in [-0.2, 0) is 16.1 Å². The van der Waals surface area contributed by atoms with E-state index in [4.69, 9.17) is 4.74 Å². The Morgan fingerprint density at radius 1 is 1.19 bits per heavy atom. The average molecular weight is 358 g/mol. The summed E-state index contributed by atoms with van der Waals surface area (Å²) in [5.41, 5.74) is 1.81. The van der Waals surface area contributed by atoms with Crippen molar-refractivity contribution in [3.63, 3.8) is 0 Å². The minimum Gasteiger partial charge on any atom is -0.383 e. The van der Waals surface area contributed by atoms with Gasteiger partial charge in [0.05, 0.1) is 12.6 Å². The Balaban J connectivity index is 2.23. The van der Waals surface area contributed by atoms with Crippen molar-refractivity contribution in [3.8, 4) is 0 Å². The second-order valence-electron chi connectivity index (χ2n) is 6.13. The molecule has 0 aliphatic heterocycles. The first-order chi connectivity index (χ1) is 12.4. The van der Waals surface area contributed by atoms with Crippen LogP contribution >= 0.6 is 0 Å². The number of halogens is 1. The Kier molecular flexibility index (Phi) is 6.86. The zero-order valence-electron chi connectivity index (χ0n) is 15.2. The molecule has 26 heavy (non-hydrogen) atoms. The van der Waals surface area contributed by atoms with Gasteiger partial charge in [0, 0.05) is 31.8 Å². The van der Waals surface area contributed by atoms with E-state index in [0.717, 1.165) is 0 Å². The Morgan fingerprint density at radius 2 is 1.88 bits per heavy atom. The van der Waals surface area contributed by atoms with E-state index in [1.807, 2.05) is 6.92 Å². The third kappa shape index (κ3) is 5.39. The first-order valence-corrected chi connectivity index (χ1v) is 8.32. The van der Waals surface area contributed by atoms with E-state index in [9.17, 15) is 14.0 Å². The van der Waals surface area contributed by atoms with Gasteiger partial charge in [-0.2, -0.15) is 0 Å². The smallest absolute Gasteiger partial charge is 0.254 e. The third-order valence-corrected chi connectivity index (χ3v) is 3.89. The van der Waals surface area contributed by atoms with Crippen molar-refractivity contribution in [1.82, 2.24) is 4.90 Å². The summed E-state index contributed by atoms with van der Waals surface area (Å²) in [5, 5.41) is 2.66. The number of ether oxygens (including phenoxy) is 1. The van der Waals surface area contributed by atoms with Crippen LogP contribution in [0.4, 0.5) is 10.1 Å². The van der Waals surface area contributed by atoms with Crippen LogP contribution in [0, 0.1) is 5.82 Å². The molecule has 1 N–H and O–H groups in total. The molecule has 0 saturated heterocycles. The second-order valence-corrected chi connectivity index (χ2v) is 6.13. The predicted octanol–water partition coefficient (Wildman–Crippen LogP) is 3.46. The molecule has 0 aliphatic carbocycles. The van der Waals surface area contributed by atoms with Crippen LogP contribution < -0.4 is 5.32 Å². The molecule has 0 aliphatic rings. The van der Waals surface area contributed by atoms with Crippen molar-refractivity contribution in [2.24, 2.45) is 0 Å². The van der Waals surface area contributed by atoms with Gasteiger partial charge in [-0.25, -0.2) is 4.39 Å². The molecule has 2 rings (SSSR count). The summed E-state index contributed by atoms with van der Waals surface area (Å²) in [6, 6.07) is 12.7. The lowest BCUT2D eigenvalue weighted by atomic mass is 10.1. The molecule has 138 valence electrons. The number of carbonyl (C=O) groups excluding carboxylic acids is 2. The van der Waals surface area contributed by atoms with E-state index in [2.05, 4.69) is 5.32 Å². The summed E-state index contributed by atoms with van der Waals surface area (Å²) in [5.74, 6) is -0.701. The van der Waals surface area contributed by atoms with E-state index in [1.54, 1.807) is 48.4 Å². The van der Waals surface area contributed by atoms with Crippen LogP contribution in [-0.4, -0.2) is 36.5 Å². The average Bonchev–Trinajstić information content (AvgIpc) is 2.59. The highest BCUT2D eigenvalue weighted by Gasteiger charge is 2.22. The summed E-state index contributed by atoms with van der Waals surface area (Å²) in [4.78, 5) is 25.7. The minimum atomic E-state index is -0.339. The maximum absolute atomic E-state index is 13.5. The number of hydrogen-bond donors (Lipinski definition) is 1. The number of methoxy groups -OCH3 is 1. The molecular formula is C20H23FN2O3. The van der Waals surface area contributed by atoms with Gasteiger partial charge in [-0.05, 0) is 48.9 Å². The van der Waals surface area contributed by atoms with Crippen LogP contribution in [0.3, 0.4) is 0 Å². The van der Waals surface area contributed by atoms with Crippen LogP contribution in [0.25, 0.3) is 0 Å². The van der Waals surface area contributed by atoms with Crippen molar-refractivity contribution in [2.75, 3.05) is 19.0 Å². The fourth-order valence-corrected chi connectivity index (χ4v) is 2.66. The third-order valence-electron chi connectivity index (χ3n) is 3.89. The first kappa shape index (κ1) is 19.6. The zero-order valence-corrected chi connectivity index (χ0v) is 15.2. The maximum Gasteiger partial charge on any atom is 0.254 e. The van der Waals surface area contributed by atoms with Crippen molar-refractivity contribution >= 4 is 17.5 Å². The second kappa shape index (κ2) is 9.10. The number of amides is 2. The lowest BCUT2D eigenvalue weighted by molar-refractivity contribution is -0.114. The SMILES string of the molecule is COCC(C)N(Cc1cccc(F)c1)C(=O)c1ccc(NC(C)=O)cc1. The molecule has 0 bridgehead atoms. The molecule has 0 heterocycles. The van der Waals surface area contributed by atoms with Crippen LogP contribution in [0.2, 0.25) is 0 Å². The highest BCUT2D eigenvalue weighted by molar-refractivity contribution is 5.95. The van der Waals surface area contributed by atoms with Gasteiger partial charge < -0.3 is 15.0 Å². The Labute approximate surface area is 152 Å². The van der Waals surface area contributed by atoms with E-state index in [0.29, 0.717) is 23.4 Å². The normalized spacial score (nSPS) is 11.7. The van der Waals surface area contributed by atoms with Gasteiger partial charge in [-0.1, -0.05) is 12.1 Å². The zero-order chi connectivity index (χ0) is 19.1. The van der Waals surface area contributed by atoms with Gasteiger partial charge in [0.2, 0.25) is 5.91 Å². The number of anilines is 1. The van der Waals surface area contributed by atoms with E-state index in [1.165, 1.54) is 19.1 Å². The summed E-state index contributed by atoms with van der Waals surface area (Å²) < 4.78 is 18.7. The van der Waals surface area contributed by atoms with Crippen LogP contribution in [0.1, 0.15) is 29.8 Å². The number of carbonyl (C=O) groups is 2. The maximum atomic E-state index is 13.5. The molecule has 2 amide bonds. The molecule has 6 heteroatoms. The van der Waals surface area contributed by atoms with Crippen LogP contribution in [0.5, 0.6) is 0 Å². The van der Waals surface area contributed by atoms with Gasteiger partial charge in [0.15, 0.2) is 0 Å². The first-order valence-electron chi connectivity index (χ1n) is 8.32. The van der Waals surface area contributed by atoms with E-state index >= 15 is 0 Å². The Morgan fingerprint density at radius 3 is 2.46 bits per heavy atom. The van der Waals surface area contributed by atoms with Gasteiger partial charge >= 0.3 is 0 Å². The quantitative estimate of drug-likeness (QED) is 0.825. The van der Waals surface area contributed by atoms with Crippen molar-refractivity contribution in [2.45, 2.75) is 26.4 Å². The monoisotopic (exact) mass is 358 g/mol. The molecule has 0 aromatic heterocycles. The highest BCUT2D eigenvalue weighted by Crippen LogP contribution is 2.17. The summed E-state index contributed by atoms with van der Waals surface area (Å²) in [6.07, 6.45) is 0. The number of nitrogens with one attached hydrogen (secondary N) is 1. The molecular weight excluding hydrogens is 335 g/mol. The number of hydrogen-bond acceptors (Lipinski definition) is 3. The molecule has 1 unspecified atom stereocenters. The predicted molar refractivity (Wildman–Crippen MR) is 98.4 cm³/mol. The van der Waals surface area contributed by atoms with Crippen molar-refractivity contribution < 1.29 is 18.7 Å². The molecule has 0 radical (unpaired) electrons. The minimum absolute atomic E-state index is 0.175. The van der Waals surface area contributed by atoms with Gasteiger partial charge in [-0.15, -0.1) is 0 Å². The molecule has 0 spiro atoms. The summed E-state index contributed by atoms with van der Waals surface area (Å²) in [7, 11) is 1.57. The Bertz CT molecular complexity index is 762. The Hall–Kier alpha value is -2.73. The van der Waals surface area contributed by atoms with Crippen molar-refractivity contribution in [3.05, 3.63) is 65.5 Å². The number of benzene rings is 2. The topological polar surface area (TPSA) is 58.6 Å².